The summed E-state index contributed by atoms with van der Waals surface area (Å²) in [7, 11) is 0. The van der Waals surface area contributed by atoms with Crippen molar-refractivity contribution >= 4 is 44.0 Å². The van der Waals surface area contributed by atoms with Crippen LogP contribution in [-0.4, -0.2) is 41.2 Å². The molecule has 0 radical (unpaired) electrons. The Morgan fingerprint density at radius 1 is 1.16 bits per heavy atom. The Bertz CT molecular complexity index is 1730. The number of allylic oxidation sites excluding steroid dienone is 4. The third kappa shape index (κ3) is 3.93. The zero-order valence-electron chi connectivity index (χ0n) is 20.0. The van der Waals surface area contributed by atoms with Gasteiger partial charge in [-0.1, -0.05) is 0 Å². The molecule has 2 aliphatic carbocycles. The fourth-order valence-electron chi connectivity index (χ4n) is 5.30. The molecule has 7 rings (SSSR count). The molecule has 4 heterocycles. The molecule has 0 amide bonds. The first-order chi connectivity index (χ1) is 18.2. The second-order valence-electron chi connectivity index (χ2n) is 9.42. The van der Waals surface area contributed by atoms with Crippen LogP contribution < -0.4 is 5.32 Å². The smallest absolute Gasteiger partial charge is 0.142 e. The summed E-state index contributed by atoms with van der Waals surface area (Å²) in [6, 6.07) is 6.14. The fraction of sp³-hybridized carbons (Fsp3) is 0.259. The fourth-order valence-corrected chi connectivity index (χ4v) is 6.53. The van der Waals surface area contributed by atoms with Gasteiger partial charge in [0.05, 0.1) is 42.5 Å². The van der Waals surface area contributed by atoms with Crippen LogP contribution in [0.25, 0.3) is 31.6 Å². The molecule has 0 saturated carbocycles. The molecule has 0 saturated heterocycles. The number of aliphatic hydroxyl groups is 1. The number of fused-ring (bicyclic) bond motifs is 6. The lowest BCUT2D eigenvalue weighted by Crippen LogP contribution is -2.05. The van der Waals surface area contributed by atoms with Gasteiger partial charge in [0.1, 0.15) is 22.8 Å². The number of hydrogen-bond donors (Lipinski definition) is 2. The predicted molar refractivity (Wildman–Crippen MR) is 143 cm³/mol. The number of hydrogen-bond acceptors (Lipinski definition) is 7. The van der Waals surface area contributed by atoms with Gasteiger partial charge >= 0.3 is 0 Å². The number of halogens is 1. The first-order valence-electron chi connectivity index (χ1n) is 12.4. The van der Waals surface area contributed by atoms with E-state index < -0.39 is 0 Å². The SMILES string of the molecule is OCCn1cc2c(n1)CCc1c-2sc2ncnc(Nc3ccc4c(cnn4CC4=CC(F)=CCC4)c3)c12. The van der Waals surface area contributed by atoms with Gasteiger partial charge in [0.2, 0.25) is 0 Å². The number of rotatable bonds is 6. The maximum absolute atomic E-state index is 13.7. The van der Waals surface area contributed by atoms with E-state index >= 15 is 0 Å². The second-order valence-corrected chi connectivity index (χ2v) is 10.4. The van der Waals surface area contributed by atoms with Gasteiger partial charge in [-0.25, -0.2) is 14.4 Å². The number of aryl methyl sites for hydroxylation is 2. The maximum atomic E-state index is 13.7. The van der Waals surface area contributed by atoms with Gasteiger partial charge in [-0.3, -0.25) is 9.36 Å². The summed E-state index contributed by atoms with van der Waals surface area (Å²) in [4.78, 5) is 11.3. The van der Waals surface area contributed by atoms with Crippen molar-refractivity contribution in [1.29, 1.82) is 0 Å². The van der Waals surface area contributed by atoms with E-state index in [1.165, 1.54) is 10.4 Å². The lowest BCUT2D eigenvalue weighted by Gasteiger charge is -2.13. The summed E-state index contributed by atoms with van der Waals surface area (Å²) in [5, 5.41) is 24.1. The number of nitrogens with one attached hydrogen (secondary N) is 1. The molecular formula is C27H24FN7OS. The van der Waals surface area contributed by atoms with Crippen molar-refractivity contribution in [2.45, 2.75) is 38.8 Å². The zero-order valence-corrected chi connectivity index (χ0v) is 20.8. The first kappa shape index (κ1) is 22.3. The third-order valence-electron chi connectivity index (χ3n) is 7.02. The number of anilines is 2. The molecule has 2 aliphatic rings. The Morgan fingerprint density at radius 3 is 3.00 bits per heavy atom. The second kappa shape index (κ2) is 8.89. The summed E-state index contributed by atoms with van der Waals surface area (Å²) in [6.45, 7) is 1.14. The molecule has 0 aliphatic heterocycles. The molecule has 0 fully saturated rings. The Labute approximate surface area is 215 Å². The van der Waals surface area contributed by atoms with Gasteiger partial charge in [0.25, 0.3) is 0 Å². The average molecular weight is 514 g/mol. The minimum absolute atomic E-state index is 0.0659. The van der Waals surface area contributed by atoms with Crippen molar-refractivity contribution in [3.05, 3.63) is 71.7 Å². The van der Waals surface area contributed by atoms with E-state index in [0.717, 1.165) is 75.1 Å². The van der Waals surface area contributed by atoms with Crippen LogP contribution >= 0.6 is 11.3 Å². The molecule has 37 heavy (non-hydrogen) atoms. The van der Waals surface area contributed by atoms with Crippen LogP contribution in [0.5, 0.6) is 0 Å². The van der Waals surface area contributed by atoms with E-state index in [2.05, 4.69) is 31.5 Å². The molecule has 0 unspecified atom stereocenters. The minimum atomic E-state index is -0.161. The Hall–Kier alpha value is -3.89. The molecule has 8 nitrogen and oxygen atoms in total. The number of aliphatic hydroxyl groups excluding tert-OH is 1. The van der Waals surface area contributed by atoms with E-state index in [-0.39, 0.29) is 12.4 Å². The molecule has 4 aromatic heterocycles. The van der Waals surface area contributed by atoms with Crippen LogP contribution in [0.3, 0.4) is 0 Å². The molecule has 0 spiro atoms. The number of benzene rings is 1. The van der Waals surface area contributed by atoms with Crippen LogP contribution in [0.2, 0.25) is 0 Å². The highest BCUT2D eigenvalue weighted by molar-refractivity contribution is 7.22. The van der Waals surface area contributed by atoms with Crippen molar-refractivity contribution in [3.63, 3.8) is 0 Å². The summed E-state index contributed by atoms with van der Waals surface area (Å²) in [5.74, 6) is 0.626. The highest BCUT2D eigenvalue weighted by Crippen LogP contribution is 2.45. The lowest BCUT2D eigenvalue weighted by molar-refractivity contribution is 0.269. The van der Waals surface area contributed by atoms with Gasteiger partial charge in [-0.2, -0.15) is 10.2 Å². The molecule has 0 bridgehead atoms. The molecule has 1 aromatic carbocycles. The van der Waals surface area contributed by atoms with E-state index in [9.17, 15) is 9.50 Å². The van der Waals surface area contributed by atoms with Crippen LogP contribution in [0.4, 0.5) is 15.9 Å². The molecule has 186 valence electrons. The highest BCUT2D eigenvalue weighted by Gasteiger charge is 2.26. The first-order valence-corrected chi connectivity index (χ1v) is 13.2. The van der Waals surface area contributed by atoms with E-state index in [1.807, 2.05) is 33.9 Å². The zero-order chi connectivity index (χ0) is 24.9. The topological polar surface area (TPSA) is 93.7 Å². The molecule has 10 heteroatoms. The Kier molecular flexibility index (Phi) is 5.37. The van der Waals surface area contributed by atoms with Gasteiger partial charge in [0.15, 0.2) is 0 Å². The standard InChI is InChI=1S/C27H24FN7OS/c28-18-3-1-2-16(10-18)13-35-23-7-4-19(11-17(23)12-31-35)32-26-24-20-5-6-22-21(14-34(33-22)8-9-36)25(20)37-27(24)30-15-29-26/h3-4,7,10-12,14-15,36H,1-2,5-6,8-9,13H2,(H,29,30,32). The Balaban J connectivity index is 1.21. The quantitative estimate of drug-likeness (QED) is 0.320. The largest absolute Gasteiger partial charge is 0.394 e. The van der Waals surface area contributed by atoms with Crippen molar-refractivity contribution in [2.75, 3.05) is 11.9 Å². The third-order valence-corrected chi connectivity index (χ3v) is 8.19. The van der Waals surface area contributed by atoms with Gasteiger partial charge < -0.3 is 10.4 Å². The van der Waals surface area contributed by atoms with E-state index in [4.69, 9.17) is 0 Å². The number of nitrogens with zero attached hydrogens (tertiary/aromatic N) is 6. The molecule has 2 N–H and O–H groups in total. The number of aromatic nitrogens is 6. The number of thiophene rings is 1. The maximum Gasteiger partial charge on any atom is 0.142 e. The normalized spacial score (nSPS) is 15.0. The van der Waals surface area contributed by atoms with Gasteiger partial charge in [0, 0.05) is 27.7 Å². The Morgan fingerprint density at radius 2 is 2.11 bits per heavy atom. The van der Waals surface area contributed by atoms with E-state index in [0.29, 0.717) is 13.1 Å². The summed E-state index contributed by atoms with van der Waals surface area (Å²) < 4.78 is 17.4. The summed E-state index contributed by atoms with van der Waals surface area (Å²) >= 11 is 1.66. The molecular weight excluding hydrogens is 489 g/mol. The van der Waals surface area contributed by atoms with Gasteiger partial charge in [-0.15, -0.1) is 11.3 Å². The monoisotopic (exact) mass is 513 g/mol. The van der Waals surface area contributed by atoms with Crippen molar-refractivity contribution < 1.29 is 9.50 Å². The predicted octanol–water partition coefficient (Wildman–Crippen LogP) is 5.31. The summed E-state index contributed by atoms with van der Waals surface area (Å²) in [6.07, 6.45) is 12.0. The highest BCUT2D eigenvalue weighted by atomic mass is 32.1. The average Bonchev–Trinajstić information content (AvgIpc) is 3.59. The van der Waals surface area contributed by atoms with Crippen molar-refractivity contribution in [3.8, 4) is 10.4 Å². The van der Waals surface area contributed by atoms with Crippen LogP contribution in [0, 0.1) is 0 Å². The van der Waals surface area contributed by atoms with E-state index in [1.54, 1.807) is 29.8 Å². The molecule has 0 atom stereocenters. The molecule has 5 aromatic rings. The van der Waals surface area contributed by atoms with Crippen molar-refractivity contribution in [2.24, 2.45) is 0 Å². The van der Waals surface area contributed by atoms with Crippen LogP contribution in [0.1, 0.15) is 24.1 Å². The minimum Gasteiger partial charge on any atom is -0.394 e. The van der Waals surface area contributed by atoms with Gasteiger partial charge in [-0.05, 0) is 67.2 Å². The van der Waals surface area contributed by atoms with Crippen LogP contribution in [-0.2, 0) is 25.9 Å². The summed E-state index contributed by atoms with van der Waals surface area (Å²) in [5.41, 5.74) is 6.42. The van der Waals surface area contributed by atoms with Crippen molar-refractivity contribution in [1.82, 2.24) is 29.5 Å². The van der Waals surface area contributed by atoms with Crippen LogP contribution in [0.15, 0.2) is 60.5 Å². The lowest BCUT2D eigenvalue weighted by atomic mass is 9.95.